The zero-order chi connectivity index (χ0) is 23.8. The molecule has 1 aliphatic rings. The van der Waals surface area contributed by atoms with Gasteiger partial charge in [0, 0.05) is 39.0 Å². The summed E-state index contributed by atoms with van der Waals surface area (Å²) in [6.45, 7) is 0.875. The summed E-state index contributed by atoms with van der Waals surface area (Å²) in [5.74, 6) is -0.177. The molecule has 10 nitrogen and oxygen atoms in total. The van der Waals surface area contributed by atoms with E-state index in [0.29, 0.717) is 18.0 Å². The molecule has 0 bridgehead atoms. The summed E-state index contributed by atoms with van der Waals surface area (Å²) in [6.07, 6.45) is -1.09. The zero-order valence-electron chi connectivity index (χ0n) is 18.7. The Bertz CT molecular complexity index is 981. The van der Waals surface area contributed by atoms with E-state index in [1.165, 1.54) is 16.9 Å². The van der Waals surface area contributed by atoms with Gasteiger partial charge in [0.25, 0.3) is 11.8 Å². The van der Waals surface area contributed by atoms with E-state index in [4.69, 9.17) is 15.2 Å². The van der Waals surface area contributed by atoms with Gasteiger partial charge >= 0.3 is 6.03 Å². The van der Waals surface area contributed by atoms with E-state index in [1.807, 2.05) is 24.3 Å². The summed E-state index contributed by atoms with van der Waals surface area (Å²) < 4.78 is 10.1. The van der Waals surface area contributed by atoms with Gasteiger partial charge in [0.15, 0.2) is 6.17 Å². The summed E-state index contributed by atoms with van der Waals surface area (Å²) >= 11 is 0. The molecule has 0 saturated carbocycles. The van der Waals surface area contributed by atoms with Crippen molar-refractivity contribution in [1.29, 1.82) is 0 Å². The first kappa shape index (κ1) is 24.0. The smallest absolute Gasteiger partial charge is 0.323 e. The molecule has 1 heterocycles. The van der Waals surface area contributed by atoms with Crippen LogP contribution in [0.25, 0.3) is 0 Å². The molecule has 3 rings (SSSR count). The molecule has 1 saturated heterocycles. The minimum absolute atomic E-state index is 0.184. The van der Waals surface area contributed by atoms with E-state index in [-0.39, 0.29) is 32.1 Å². The average Bonchev–Trinajstić information content (AvgIpc) is 3.29. The van der Waals surface area contributed by atoms with Crippen LogP contribution in [0.2, 0.25) is 0 Å². The lowest BCUT2D eigenvalue weighted by Gasteiger charge is -2.29. The molecule has 0 spiro atoms. The fraction of sp³-hybridized carbons (Fsp3) is 0.348. The van der Waals surface area contributed by atoms with Crippen LogP contribution < -0.4 is 21.1 Å². The maximum absolute atomic E-state index is 13.1. The first-order chi connectivity index (χ1) is 16.0. The summed E-state index contributed by atoms with van der Waals surface area (Å²) in [5, 5.41) is 5.60. The van der Waals surface area contributed by atoms with E-state index in [0.717, 1.165) is 11.1 Å². The van der Waals surface area contributed by atoms with Crippen LogP contribution in [0.5, 0.6) is 5.75 Å². The molecule has 0 aromatic heterocycles. The largest absolute Gasteiger partial charge is 0.497 e. The molecule has 1 aliphatic heterocycles. The number of carbonyl (C=O) groups excluding carboxylic acids is 3. The number of amides is 4. The fourth-order valence-corrected chi connectivity index (χ4v) is 3.61. The van der Waals surface area contributed by atoms with Crippen molar-refractivity contribution in [1.82, 2.24) is 15.1 Å². The third-order valence-corrected chi connectivity index (χ3v) is 5.29. The Balaban J connectivity index is 1.74. The molecule has 1 fully saturated rings. The van der Waals surface area contributed by atoms with Crippen molar-refractivity contribution < 1.29 is 23.9 Å². The van der Waals surface area contributed by atoms with Crippen LogP contribution in [-0.2, 0) is 27.4 Å². The second kappa shape index (κ2) is 11.3. The molecule has 4 amide bonds. The van der Waals surface area contributed by atoms with Gasteiger partial charge in [-0.15, -0.1) is 0 Å². The highest BCUT2D eigenvalue weighted by atomic mass is 16.5. The number of benzene rings is 2. The zero-order valence-corrected chi connectivity index (χ0v) is 18.7. The van der Waals surface area contributed by atoms with Crippen molar-refractivity contribution in [3.63, 3.8) is 0 Å². The minimum atomic E-state index is -1.09. The predicted molar refractivity (Wildman–Crippen MR) is 122 cm³/mol. The number of carbonyl (C=O) groups is 3. The Hall–Kier alpha value is -3.63. The van der Waals surface area contributed by atoms with Gasteiger partial charge < -0.3 is 30.7 Å². The van der Waals surface area contributed by atoms with Crippen molar-refractivity contribution in [3.05, 3.63) is 59.7 Å². The van der Waals surface area contributed by atoms with Crippen molar-refractivity contribution >= 4 is 23.5 Å². The van der Waals surface area contributed by atoms with E-state index in [1.54, 1.807) is 31.4 Å². The summed E-state index contributed by atoms with van der Waals surface area (Å²) in [5.41, 5.74) is 8.04. The number of hydrogen-bond acceptors (Lipinski definition) is 6. The number of nitrogens with zero attached hydrogens (tertiary/aromatic N) is 2. The molecule has 1 atom stereocenters. The lowest BCUT2D eigenvalue weighted by molar-refractivity contribution is -0.143. The van der Waals surface area contributed by atoms with Gasteiger partial charge in [-0.1, -0.05) is 24.3 Å². The summed E-state index contributed by atoms with van der Waals surface area (Å²) in [6, 6.07) is 13.9. The number of hydrogen-bond donors (Lipinski definition) is 3. The molecule has 33 heavy (non-hydrogen) atoms. The maximum atomic E-state index is 13.1. The molecule has 176 valence electrons. The van der Waals surface area contributed by atoms with E-state index in [2.05, 4.69) is 10.6 Å². The maximum Gasteiger partial charge on any atom is 0.323 e. The molecular formula is C23H29N5O5. The quantitative estimate of drug-likeness (QED) is 0.548. The molecule has 1 unspecified atom stereocenters. The molecule has 2 aromatic rings. The van der Waals surface area contributed by atoms with Crippen LogP contribution in [-0.4, -0.2) is 67.7 Å². The molecule has 0 aliphatic carbocycles. The number of anilines is 1. The SMILES string of the molecule is COCC(=O)N1CCN(C(=O)Nc2ccc(OC)cc2)C1C(=O)NCc1cccc(CN)c1. The van der Waals surface area contributed by atoms with Crippen molar-refractivity contribution in [2.24, 2.45) is 5.73 Å². The number of ether oxygens (including phenoxy) is 2. The molecular weight excluding hydrogens is 426 g/mol. The van der Waals surface area contributed by atoms with E-state index in [9.17, 15) is 14.4 Å². The van der Waals surface area contributed by atoms with Crippen LogP contribution >= 0.6 is 0 Å². The molecule has 2 aromatic carbocycles. The number of methoxy groups -OCH3 is 2. The Morgan fingerprint density at radius 2 is 1.73 bits per heavy atom. The van der Waals surface area contributed by atoms with Crippen molar-refractivity contribution in [2.45, 2.75) is 19.3 Å². The lowest BCUT2D eigenvalue weighted by atomic mass is 10.1. The Morgan fingerprint density at radius 1 is 1.03 bits per heavy atom. The number of rotatable bonds is 8. The van der Waals surface area contributed by atoms with Crippen LogP contribution in [0.1, 0.15) is 11.1 Å². The summed E-state index contributed by atoms with van der Waals surface area (Å²) in [7, 11) is 2.96. The van der Waals surface area contributed by atoms with Gasteiger partial charge in [0.05, 0.1) is 7.11 Å². The number of nitrogens with one attached hydrogen (secondary N) is 2. The second-order valence-corrected chi connectivity index (χ2v) is 7.49. The molecule has 4 N–H and O–H groups in total. The topological polar surface area (TPSA) is 126 Å². The highest BCUT2D eigenvalue weighted by Gasteiger charge is 2.42. The van der Waals surface area contributed by atoms with Gasteiger partial charge in [-0.2, -0.15) is 0 Å². The van der Waals surface area contributed by atoms with Crippen LogP contribution in [0.4, 0.5) is 10.5 Å². The van der Waals surface area contributed by atoms with Gasteiger partial charge in [-0.3, -0.25) is 14.5 Å². The van der Waals surface area contributed by atoms with Crippen LogP contribution in [0.3, 0.4) is 0 Å². The van der Waals surface area contributed by atoms with Crippen molar-refractivity contribution in [3.8, 4) is 5.75 Å². The molecule has 10 heteroatoms. The monoisotopic (exact) mass is 455 g/mol. The Kier molecular flexibility index (Phi) is 8.22. The normalized spacial score (nSPS) is 15.3. The van der Waals surface area contributed by atoms with Gasteiger partial charge in [-0.25, -0.2) is 4.79 Å². The predicted octanol–water partition coefficient (Wildman–Crippen LogP) is 1.12. The standard InChI is InChI=1S/C23H29N5O5/c1-32-15-20(29)27-10-11-28(23(31)26-18-6-8-19(33-2)9-7-18)22(27)21(30)25-14-17-5-3-4-16(12-17)13-24/h3-9,12,22H,10-11,13-15,24H2,1-2H3,(H,25,30)(H,26,31). The van der Waals surface area contributed by atoms with Gasteiger partial charge in [0.2, 0.25) is 0 Å². The van der Waals surface area contributed by atoms with E-state index >= 15 is 0 Å². The first-order valence-electron chi connectivity index (χ1n) is 10.5. The second-order valence-electron chi connectivity index (χ2n) is 7.49. The van der Waals surface area contributed by atoms with Crippen LogP contribution in [0, 0.1) is 0 Å². The minimum Gasteiger partial charge on any atom is -0.497 e. The van der Waals surface area contributed by atoms with Crippen molar-refractivity contribution in [2.75, 3.05) is 39.2 Å². The summed E-state index contributed by atoms with van der Waals surface area (Å²) in [4.78, 5) is 41.4. The van der Waals surface area contributed by atoms with Crippen LogP contribution in [0.15, 0.2) is 48.5 Å². The Labute approximate surface area is 192 Å². The average molecular weight is 456 g/mol. The first-order valence-corrected chi connectivity index (χ1v) is 10.5. The lowest BCUT2D eigenvalue weighted by Crippen LogP contribution is -2.55. The Morgan fingerprint density at radius 3 is 2.39 bits per heavy atom. The van der Waals surface area contributed by atoms with Gasteiger partial charge in [-0.05, 0) is 35.4 Å². The number of urea groups is 1. The van der Waals surface area contributed by atoms with Gasteiger partial charge in [0.1, 0.15) is 12.4 Å². The highest BCUT2D eigenvalue weighted by molar-refractivity contribution is 5.96. The third-order valence-electron chi connectivity index (χ3n) is 5.29. The molecule has 0 radical (unpaired) electrons. The highest BCUT2D eigenvalue weighted by Crippen LogP contribution is 2.20. The third kappa shape index (κ3) is 5.99. The number of nitrogens with two attached hydrogens (primary N) is 1. The fourth-order valence-electron chi connectivity index (χ4n) is 3.61. The van der Waals surface area contributed by atoms with E-state index < -0.39 is 18.1 Å².